The fourth-order valence-corrected chi connectivity index (χ4v) is 5.16. The van der Waals surface area contributed by atoms with E-state index in [9.17, 15) is 13.2 Å². The van der Waals surface area contributed by atoms with Gasteiger partial charge in [-0.1, -0.05) is 17.7 Å². The molecule has 25 heavy (non-hydrogen) atoms. The molecule has 1 heterocycles. The summed E-state index contributed by atoms with van der Waals surface area (Å²) in [4.78, 5) is 14.9. The van der Waals surface area contributed by atoms with Crippen molar-refractivity contribution in [1.29, 1.82) is 0 Å². The third-order valence-electron chi connectivity index (χ3n) is 5.79. The summed E-state index contributed by atoms with van der Waals surface area (Å²) >= 11 is 0. The molecule has 5 nitrogen and oxygen atoms in total. The first-order valence-electron chi connectivity index (χ1n) is 9.17. The number of hydrogen-bond acceptors (Lipinski definition) is 4. The van der Waals surface area contributed by atoms with Crippen LogP contribution in [0.4, 0.5) is 0 Å². The van der Waals surface area contributed by atoms with Gasteiger partial charge in [0.15, 0.2) is 9.84 Å². The van der Waals surface area contributed by atoms with E-state index in [4.69, 9.17) is 0 Å². The predicted molar refractivity (Wildman–Crippen MR) is 98.1 cm³/mol. The molecule has 1 atom stereocenters. The zero-order valence-electron chi connectivity index (χ0n) is 15.1. The van der Waals surface area contributed by atoms with Gasteiger partial charge in [-0.2, -0.15) is 0 Å². The molecular weight excluding hydrogens is 336 g/mol. The number of carbonyl (C=O) groups excluding carboxylic acids is 1. The van der Waals surface area contributed by atoms with E-state index in [1.165, 1.54) is 0 Å². The Kier molecular flexibility index (Phi) is 5.21. The first-order chi connectivity index (χ1) is 11.9. The van der Waals surface area contributed by atoms with Crippen molar-refractivity contribution in [1.82, 2.24) is 10.2 Å². The van der Waals surface area contributed by atoms with E-state index in [0.717, 1.165) is 37.9 Å². The van der Waals surface area contributed by atoms with Crippen molar-refractivity contribution in [2.75, 3.05) is 31.9 Å². The van der Waals surface area contributed by atoms with Crippen LogP contribution in [-0.2, 0) is 14.6 Å². The fraction of sp³-hybridized carbons (Fsp3) is 0.632. The van der Waals surface area contributed by atoms with Gasteiger partial charge in [-0.05, 0) is 63.7 Å². The number of amides is 1. The third-order valence-corrected chi connectivity index (χ3v) is 7.50. The number of piperidine rings is 1. The van der Waals surface area contributed by atoms with Gasteiger partial charge in [0, 0.05) is 19.0 Å². The Hall–Kier alpha value is -1.40. The van der Waals surface area contributed by atoms with Gasteiger partial charge in [-0.15, -0.1) is 0 Å². The zero-order chi connectivity index (χ0) is 18.1. The van der Waals surface area contributed by atoms with E-state index in [1.807, 2.05) is 13.8 Å². The molecule has 1 saturated heterocycles. The minimum absolute atomic E-state index is 0.0169. The lowest BCUT2D eigenvalue weighted by Gasteiger charge is -2.26. The molecular formula is C19H28N2O3S. The molecule has 0 bridgehead atoms. The molecule has 1 aromatic rings. The van der Waals surface area contributed by atoms with Gasteiger partial charge >= 0.3 is 0 Å². The van der Waals surface area contributed by atoms with Crippen molar-refractivity contribution in [3.63, 3.8) is 0 Å². The Morgan fingerprint density at radius 1 is 1.24 bits per heavy atom. The highest BCUT2D eigenvalue weighted by Gasteiger charge is 2.58. The van der Waals surface area contributed by atoms with E-state index in [-0.39, 0.29) is 29.5 Å². The van der Waals surface area contributed by atoms with E-state index in [0.29, 0.717) is 11.4 Å². The number of carbonyl (C=O) groups is 1. The normalized spacial score (nSPS) is 21.9. The summed E-state index contributed by atoms with van der Waals surface area (Å²) < 4.78 is 25.0. The average Bonchev–Trinajstić information content (AvgIpc) is 3.29. The van der Waals surface area contributed by atoms with Crippen LogP contribution in [0.2, 0.25) is 0 Å². The van der Waals surface area contributed by atoms with Crippen molar-refractivity contribution in [2.45, 2.75) is 38.0 Å². The van der Waals surface area contributed by atoms with E-state index in [1.54, 1.807) is 29.2 Å². The molecule has 0 aromatic heterocycles. The number of benzene rings is 1. The molecule has 1 aromatic carbocycles. The van der Waals surface area contributed by atoms with Crippen LogP contribution in [0.1, 0.15) is 31.7 Å². The number of nitrogens with zero attached hydrogens (tertiary/aromatic N) is 1. The lowest BCUT2D eigenvalue weighted by molar-refractivity contribution is -0.133. The molecule has 1 aliphatic heterocycles. The minimum atomic E-state index is -3.36. The Balaban J connectivity index is 1.61. The van der Waals surface area contributed by atoms with Gasteiger partial charge in [-0.25, -0.2) is 8.42 Å². The Morgan fingerprint density at radius 3 is 2.48 bits per heavy atom. The van der Waals surface area contributed by atoms with Crippen LogP contribution in [0.3, 0.4) is 0 Å². The number of sulfone groups is 1. The smallest absolute Gasteiger partial charge is 0.226 e. The summed E-state index contributed by atoms with van der Waals surface area (Å²) in [7, 11) is -3.36. The van der Waals surface area contributed by atoms with Crippen LogP contribution >= 0.6 is 0 Å². The highest BCUT2D eigenvalue weighted by Crippen LogP contribution is 2.59. The second-order valence-electron chi connectivity index (χ2n) is 7.42. The molecule has 2 aliphatic rings. The van der Waals surface area contributed by atoms with Gasteiger partial charge in [-0.3, -0.25) is 4.79 Å². The molecule has 1 aliphatic carbocycles. The molecule has 2 fully saturated rings. The summed E-state index contributed by atoms with van der Waals surface area (Å²) in [6.45, 7) is 6.66. The second-order valence-corrected chi connectivity index (χ2v) is 9.53. The van der Waals surface area contributed by atoms with Crippen molar-refractivity contribution in [3.8, 4) is 0 Å². The average molecular weight is 365 g/mol. The molecule has 1 amide bonds. The van der Waals surface area contributed by atoms with Crippen LogP contribution in [0.25, 0.3) is 0 Å². The summed E-state index contributed by atoms with van der Waals surface area (Å²) in [6.07, 6.45) is 3.08. The van der Waals surface area contributed by atoms with Crippen molar-refractivity contribution < 1.29 is 13.2 Å². The molecule has 6 heteroatoms. The maximum absolute atomic E-state index is 12.8. The second kappa shape index (κ2) is 7.08. The number of rotatable bonds is 6. The lowest BCUT2D eigenvalue weighted by atomic mass is 9.91. The summed E-state index contributed by atoms with van der Waals surface area (Å²) in [5.41, 5.74) is 1.22. The standard InChI is InChI=1S/C19H28N2O3S/c1-3-21(18(22)17-14-19(17)8-10-20-11-9-19)12-13-25(23,24)16-6-4-15(2)5-7-16/h4-7,17,20H,3,8-14H2,1-2H3/t17-/m0/s1. The van der Waals surface area contributed by atoms with Gasteiger partial charge in [0.05, 0.1) is 10.6 Å². The van der Waals surface area contributed by atoms with Crippen molar-refractivity contribution >= 4 is 15.7 Å². The largest absolute Gasteiger partial charge is 0.342 e. The third kappa shape index (κ3) is 3.90. The zero-order valence-corrected chi connectivity index (χ0v) is 15.9. The monoisotopic (exact) mass is 364 g/mol. The predicted octanol–water partition coefficient (Wildman–Crippen LogP) is 2.01. The van der Waals surface area contributed by atoms with Gasteiger partial charge in [0.25, 0.3) is 0 Å². The molecule has 0 radical (unpaired) electrons. The number of nitrogens with one attached hydrogen (secondary N) is 1. The van der Waals surface area contributed by atoms with Crippen LogP contribution in [-0.4, -0.2) is 51.2 Å². The molecule has 1 N–H and O–H groups in total. The number of hydrogen-bond donors (Lipinski definition) is 1. The van der Waals surface area contributed by atoms with Crippen LogP contribution in [0.5, 0.6) is 0 Å². The Bertz CT molecular complexity index is 722. The van der Waals surface area contributed by atoms with E-state index in [2.05, 4.69) is 5.32 Å². The van der Waals surface area contributed by atoms with E-state index >= 15 is 0 Å². The maximum atomic E-state index is 12.8. The highest BCUT2D eigenvalue weighted by atomic mass is 32.2. The Morgan fingerprint density at radius 2 is 1.88 bits per heavy atom. The molecule has 1 spiro atoms. The number of aryl methyl sites for hydroxylation is 1. The summed E-state index contributed by atoms with van der Waals surface area (Å²) in [5, 5.41) is 3.35. The van der Waals surface area contributed by atoms with Gasteiger partial charge < -0.3 is 10.2 Å². The van der Waals surface area contributed by atoms with Gasteiger partial charge in [0.1, 0.15) is 0 Å². The molecule has 0 unspecified atom stereocenters. The first-order valence-corrected chi connectivity index (χ1v) is 10.8. The molecule has 3 rings (SSSR count). The molecule has 1 saturated carbocycles. The lowest BCUT2D eigenvalue weighted by Crippen LogP contribution is -2.38. The fourth-order valence-electron chi connectivity index (χ4n) is 3.91. The van der Waals surface area contributed by atoms with Crippen LogP contribution < -0.4 is 5.32 Å². The SMILES string of the molecule is CCN(CCS(=O)(=O)c1ccc(C)cc1)C(=O)[C@@H]1CC12CCNCC2. The van der Waals surface area contributed by atoms with Crippen LogP contribution in [0, 0.1) is 18.3 Å². The van der Waals surface area contributed by atoms with Gasteiger partial charge in [0.2, 0.25) is 5.91 Å². The van der Waals surface area contributed by atoms with E-state index < -0.39 is 9.84 Å². The minimum Gasteiger partial charge on any atom is -0.342 e. The van der Waals surface area contributed by atoms with Crippen molar-refractivity contribution in [2.24, 2.45) is 11.3 Å². The van der Waals surface area contributed by atoms with Crippen LogP contribution in [0.15, 0.2) is 29.2 Å². The Labute approximate surface area is 150 Å². The highest BCUT2D eigenvalue weighted by molar-refractivity contribution is 7.91. The molecule has 138 valence electrons. The summed E-state index contributed by atoms with van der Waals surface area (Å²) in [5.74, 6) is 0.219. The maximum Gasteiger partial charge on any atom is 0.226 e. The quantitative estimate of drug-likeness (QED) is 0.838. The topological polar surface area (TPSA) is 66.5 Å². The first kappa shape index (κ1) is 18.4. The van der Waals surface area contributed by atoms with Crippen molar-refractivity contribution in [3.05, 3.63) is 29.8 Å². The summed E-state index contributed by atoms with van der Waals surface area (Å²) in [6, 6.07) is 6.91.